The SMILES string of the molecule is CC1=C(S)C(=O)NC1=O. The molecule has 0 aromatic heterocycles. The molecule has 0 saturated carbocycles. The van der Waals surface area contributed by atoms with Crippen LogP contribution in [0.1, 0.15) is 6.92 Å². The molecular formula is C5H5NO2S. The molecule has 1 rings (SSSR count). The van der Waals surface area contributed by atoms with Crippen LogP contribution < -0.4 is 5.32 Å². The average molecular weight is 143 g/mol. The molecule has 1 aliphatic heterocycles. The Kier molecular flexibility index (Phi) is 1.32. The summed E-state index contributed by atoms with van der Waals surface area (Å²) in [5.41, 5.74) is 0.392. The zero-order valence-corrected chi connectivity index (χ0v) is 5.66. The molecule has 4 heteroatoms. The van der Waals surface area contributed by atoms with Crippen molar-refractivity contribution in [3.63, 3.8) is 0 Å². The predicted octanol–water partition coefficient (Wildman–Crippen LogP) is -0.153. The van der Waals surface area contributed by atoms with Gasteiger partial charge in [-0.25, -0.2) is 0 Å². The van der Waals surface area contributed by atoms with Crippen molar-refractivity contribution < 1.29 is 9.59 Å². The molecule has 2 amide bonds. The smallest absolute Gasteiger partial charge is 0.264 e. The summed E-state index contributed by atoms with van der Waals surface area (Å²) < 4.78 is 0. The normalized spacial score (nSPS) is 18.9. The van der Waals surface area contributed by atoms with E-state index in [4.69, 9.17) is 0 Å². The fraction of sp³-hybridized carbons (Fsp3) is 0.200. The summed E-state index contributed by atoms with van der Waals surface area (Å²) in [7, 11) is 0. The van der Waals surface area contributed by atoms with Gasteiger partial charge in [0, 0.05) is 5.57 Å². The molecule has 1 N–H and O–H groups in total. The Morgan fingerprint density at radius 2 is 1.89 bits per heavy atom. The number of imide groups is 1. The van der Waals surface area contributed by atoms with E-state index in [9.17, 15) is 9.59 Å². The van der Waals surface area contributed by atoms with Gasteiger partial charge < -0.3 is 0 Å². The predicted molar refractivity (Wildman–Crippen MR) is 34.8 cm³/mol. The third-order valence-corrected chi connectivity index (χ3v) is 1.68. The monoisotopic (exact) mass is 143 g/mol. The third-order valence-electron chi connectivity index (χ3n) is 1.14. The van der Waals surface area contributed by atoms with Crippen molar-refractivity contribution in [1.29, 1.82) is 0 Å². The van der Waals surface area contributed by atoms with Gasteiger partial charge in [-0.05, 0) is 6.92 Å². The van der Waals surface area contributed by atoms with Crippen LogP contribution in [0, 0.1) is 0 Å². The Labute approximate surface area is 57.5 Å². The lowest BCUT2D eigenvalue weighted by Crippen LogP contribution is -2.22. The van der Waals surface area contributed by atoms with Crippen molar-refractivity contribution in [2.24, 2.45) is 0 Å². The van der Waals surface area contributed by atoms with E-state index in [-0.39, 0.29) is 10.8 Å². The maximum absolute atomic E-state index is 10.6. The highest BCUT2D eigenvalue weighted by Crippen LogP contribution is 2.13. The summed E-state index contributed by atoms with van der Waals surface area (Å²) in [5.74, 6) is -0.745. The Morgan fingerprint density at radius 1 is 1.33 bits per heavy atom. The second-order valence-corrected chi connectivity index (χ2v) is 2.20. The van der Waals surface area contributed by atoms with Crippen LogP contribution in [0.15, 0.2) is 10.5 Å². The number of carbonyl (C=O) groups excluding carboxylic acids is 2. The first-order valence-electron chi connectivity index (χ1n) is 2.38. The molecule has 0 bridgehead atoms. The molecule has 0 spiro atoms. The van der Waals surface area contributed by atoms with Gasteiger partial charge in [-0.2, -0.15) is 0 Å². The van der Waals surface area contributed by atoms with E-state index >= 15 is 0 Å². The van der Waals surface area contributed by atoms with Crippen molar-refractivity contribution in [3.05, 3.63) is 10.5 Å². The lowest BCUT2D eigenvalue weighted by molar-refractivity contribution is -0.123. The van der Waals surface area contributed by atoms with E-state index in [1.807, 2.05) is 0 Å². The zero-order chi connectivity index (χ0) is 7.02. The number of nitrogens with one attached hydrogen (secondary N) is 1. The number of carbonyl (C=O) groups is 2. The Bertz CT molecular complexity index is 197. The number of amides is 2. The number of hydrogen-bond acceptors (Lipinski definition) is 3. The molecule has 48 valence electrons. The zero-order valence-electron chi connectivity index (χ0n) is 4.76. The minimum absolute atomic E-state index is 0.222. The maximum Gasteiger partial charge on any atom is 0.264 e. The second kappa shape index (κ2) is 1.88. The second-order valence-electron chi connectivity index (χ2n) is 1.76. The van der Waals surface area contributed by atoms with Crippen LogP contribution in [0.5, 0.6) is 0 Å². The van der Waals surface area contributed by atoms with Crippen molar-refractivity contribution >= 4 is 24.4 Å². The number of hydrogen-bond donors (Lipinski definition) is 2. The van der Waals surface area contributed by atoms with Crippen molar-refractivity contribution in [2.45, 2.75) is 6.92 Å². The van der Waals surface area contributed by atoms with E-state index < -0.39 is 5.91 Å². The molecule has 1 heterocycles. The quantitative estimate of drug-likeness (QED) is 0.366. The van der Waals surface area contributed by atoms with Crippen molar-refractivity contribution in [1.82, 2.24) is 5.32 Å². The van der Waals surface area contributed by atoms with Gasteiger partial charge in [-0.1, -0.05) is 0 Å². The topological polar surface area (TPSA) is 46.2 Å². The van der Waals surface area contributed by atoms with Crippen LogP contribution in [0.3, 0.4) is 0 Å². The first-order valence-corrected chi connectivity index (χ1v) is 2.83. The highest BCUT2D eigenvalue weighted by atomic mass is 32.1. The molecular weight excluding hydrogens is 138 g/mol. The molecule has 0 aromatic rings. The molecule has 0 unspecified atom stereocenters. The molecule has 0 atom stereocenters. The molecule has 0 fully saturated rings. The third kappa shape index (κ3) is 0.853. The summed E-state index contributed by atoms with van der Waals surface area (Å²) in [4.78, 5) is 21.3. The first kappa shape index (κ1) is 6.35. The van der Waals surface area contributed by atoms with Crippen LogP contribution in [0.25, 0.3) is 0 Å². The van der Waals surface area contributed by atoms with Gasteiger partial charge >= 0.3 is 0 Å². The standard InChI is InChI=1S/C5H5NO2S/c1-2-3(9)5(8)6-4(2)7/h1H3,(H2,6,7,8,9). The van der Waals surface area contributed by atoms with Crippen LogP contribution in [-0.4, -0.2) is 11.8 Å². The fourth-order valence-electron chi connectivity index (χ4n) is 0.534. The van der Waals surface area contributed by atoms with E-state index in [1.165, 1.54) is 0 Å². The fourth-order valence-corrected chi connectivity index (χ4v) is 0.691. The summed E-state index contributed by atoms with van der Waals surface area (Å²) in [6.07, 6.45) is 0. The summed E-state index contributed by atoms with van der Waals surface area (Å²) in [6, 6.07) is 0. The van der Waals surface area contributed by atoms with Crippen LogP contribution in [0.2, 0.25) is 0 Å². The Hall–Kier alpha value is -0.770. The van der Waals surface area contributed by atoms with E-state index in [1.54, 1.807) is 6.92 Å². The van der Waals surface area contributed by atoms with E-state index in [2.05, 4.69) is 17.9 Å². The highest BCUT2D eigenvalue weighted by Gasteiger charge is 2.23. The van der Waals surface area contributed by atoms with Crippen molar-refractivity contribution in [3.8, 4) is 0 Å². The van der Waals surface area contributed by atoms with Gasteiger partial charge in [-0.15, -0.1) is 12.6 Å². The van der Waals surface area contributed by atoms with Gasteiger partial charge in [0.25, 0.3) is 11.8 Å². The van der Waals surface area contributed by atoms with Crippen LogP contribution in [0.4, 0.5) is 0 Å². The largest absolute Gasteiger partial charge is 0.288 e. The molecule has 9 heavy (non-hydrogen) atoms. The minimum atomic E-state index is -0.402. The van der Waals surface area contributed by atoms with Crippen LogP contribution >= 0.6 is 12.6 Å². The molecule has 0 aliphatic carbocycles. The maximum atomic E-state index is 10.6. The molecule has 0 radical (unpaired) electrons. The number of thiol groups is 1. The Balaban J connectivity index is 3.06. The number of rotatable bonds is 0. The van der Waals surface area contributed by atoms with E-state index in [0.29, 0.717) is 5.57 Å². The summed E-state index contributed by atoms with van der Waals surface area (Å²) in [5, 5.41) is 2.09. The van der Waals surface area contributed by atoms with Gasteiger partial charge in [0.05, 0.1) is 4.91 Å². The van der Waals surface area contributed by atoms with Gasteiger partial charge in [0.2, 0.25) is 0 Å². The average Bonchev–Trinajstić information content (AvgIpc) is 1.98. The van der Waals surface area contributed by atoms with Gasteiger partial charge in [0.1, 0.15) is 0 Å². The lowest BCUT2D eigenvalue weighted by atomic mass is 10.3. The van der Waals surface area contributed by atoms with E-state index in [0.717, 1.165) is 0 Å². The first-order chi connectivity index (χ1) is 4.13. The molecule has 0 aromatic carbocycles. The lowest BCUT2D eigenvalue weighted by Gasteiger charge is -1.84. The Morgan fingerprint density at radius 3 is 2.00 bits per heavy atom. The molecule has 1 aliphatic rings. The molecule has 0 saturated heterocycles. The minimum Gasteiger partial charge on any atom is -0.288 e. The summed E-state index contributed by atoms with van der Waals surface area (Å²) in [6.45, 7) is 1.56. The molecule has 3 nitrogen and oxygen atoms in total. The van der Waals surface area contributed by atoms with Crippen molar-refractivity contribution in [2.75, 3.05) is 0 Å². The van der Waals surface area contributed by atoms with Crippen LogP contribution in [-0.2, 0) is 9.59 Å². The summed E-state index contributed by atoms with van der Waals surface area (Å²) >= 11 is 3.79. The van der Waals surface area contributed by atoms with Gasteiger partial charge in [-0.3, -0.25) is 14.9 Å². The highest BCUT2D eigenvalue weighted by molar-refractivity contribution is 7.85. The van der Waals surface area contributed by atoms with Gasteiger partial charge in [0.15, 0.2) is 0 Å².